The van der Waals surface area contributed by atoms with Gasteiger partial charge >= 0.3 is 6.09 Å². The molecule has 0 aliphatic carbocycles. The molecule has 2 N–H and O–H groups in total. The number of ether oxygens (including phenoxy) is 1. The molecule has 96 valence electrons. The Balaban J connectivity index is 2.01. The van der Waals surface area contributed by atoms with Crippen LogP contribution in [0.3, 0.4) is 0 Å². The van der Waals surface area contributed by atoms with Gasteiger partial charge in [0.15, 0.2) is 0 Å². The molecule has 18 heavy (non-hydrogen) atoms. The maximum atomic E-state index is 11.5. The first-order chi connectivity index (χ1) is 8.56. The Morgan fingerprint density at radius 1 is 1.39 bits per heavy atom. The van der Waals surface area contributed by atoms with E-state index in [1.54, 1.807) is 0 Å². The summed E-state index contributed by atoms with van der Waals surface area (Å²) in [5.74, 6) is -0.0682. The number of anilines is 1. The Labute approximate surface area is 106 Å². The minimum Gasteiger partial charge on any atom is -0.439 e. The Bertz CT molecular complexity index is 454. The van der Waals surface area contributed by atoms with Crippen LogP contribution in [0.15, 0.2) is 24.3 Å². The van der Waals surface area contributed by atoms with Crippen LogP contribution in [-0.2, 0) is 9.53 Å². The Morgan fingerprint density at radius 3 is 2.56 bits per heavy atom. The van der Waals surface area contributed by atoms with Gasteiger partial charge in [0.1, 0.15) is 6.10 Å². The van der Waals surface area contributed by atoms with Crippen LogP contribution < -0.4 is 10.6 Å². The van der Waals surface area contributed by atoms with E-state index in [9.17, 15) is 9.59 Å². The van der Waals surface area contributed by atoms with Gasteiger partial charge in [-0.2, -0.15) is 0 Å². The second-order valence-corrected chi connectivity index (χ2v) is 4.54. The highest BCUT2D eigenvalue weighted by Crippen LogP contribution is 2.22. The molecular formula is C13H16N2O3. The molecule has 5 nitrogen and oxygen atoms in total. The molecule has 0 saturated carbocycles. The zero-order chi connectivity index (χ0) is 13.1. The first kappa shape index (κ1) is 12.4. The summed E-state index contributed by atoms with van der Waals surface area (Å²) >= 11 is 0. The first-order valence-electron chi connectivity index (χ1n) is 5.91. The minimum atomic E-state index is -0.391. The van der Waals surface area contributed by atoms with E-state index in [4.69, 9.17) is 4.74 Å². The second kappa shape index (κ2) is 5.08. The molecule has 2 rings (SSSR count). The van der Waals surface area contributed by atoms with Gasteiger partial charge in [-0.05, 0) is 17.7 Å². The molecule has 1 aromatic rings. The molecule has 1 unspecified atom stereocenters. The van der Waals surface area contributed by atoms with Crippen molar-refractivity contribution in [2.75, 3.05) is 11.9 Å². The van der Waals surface area contributed by atoms with E-state index < -0.39 is 6.09 Å². The fourth-order valence-corrected chi connectivity index (χ4v) is 1.64. The summed E-state index contributed by atoms with van der Waals surface area (Å²) in [6.45, 7) is 4.16. The summed E-state index contributed by atoms with van der Waals surface area (Å²) in [6.07, 6.45) is -0.635. The number of alkyl carbamates (subject to hydrolysis) is 1. The zero-order valence-corrected chi connectivity index (χ0v) is 10.4. The summed E-state index contributed by atoms with van der Waals surface area (Å²) in [7, 11) is 0. The van der Waals surface area contributed by atoms with Crippen molar-refractivity contribution in [1.82, 2.24) is 5.32 Å². The highest BCUT2D eigenvalue weighted by molar-refractivity contribution is 5.92. The van der Waals surface area contributed by atoms with Gasteiger partial charge in [0, 0.05) is 11.6 Å². The van der Waals surface area contributed by atoms with Crippen molar-refractivity contribution in [3.8, 4) is 0 Å². The molecule has 1 aromatic carbocycles. The topological polar surface area (TPSA) is 67.4 Å². The molecule has 1 heterocycles. The third-order valence-corrected chi connectivity index (χ3v) is 2.76. The van der Waals surface area contributed by atoms with Crippen molar-refractivity contribution in [2.45, 2.75) is 20.0 Å². The molecule has 1 aliphatic rings. The Kier molecular flexibility index (Phi) is 3.50. The van der Waals surface area contributed by atoms with Crippen LogP contribution in [0.1, 0.15) is 25.5 Å². The first-order valence-corrected chi connectivity index (χ1v) is 5.91. The summed E-state index contributed by atoms with van der Waals surface area (Å²) < 4.78 is 5.07. The van der Waals surface area contributed by atoms with Crippen LogP contribution in [0.4, 0.5) is 10.5 Å². The van der Waals surface area contributed by atoms with Gasteiger partial charge in [0.05, 0.1) is 6.54 Å². The lowest BCUT2D eigenvalue weighted by Crippen LogP contribution is -2.17. The number of hydrogen-bond donors (Lipinski definition) is 2. The Morgan fingerprint density at radius 2 is 2.06 bits per heavy atom. The minimum absolute atomic E-state index is 0.0169. The lowest BCUT2D eigenvalue weighted by atomic mass is 10.1. The van der Waals surface area contributed by atoms with E-state index in [1.165, 1.54) is 0 Å². The number of nitrogens with one attached hydrogen (secondary N) is 2. The average molecular weight is 248 g/mol. The van der Waals surface area contributed by atoms with E-state index >= 15 is 0 Å². The second-order valence-electron chi connectivity index (χ2n) is 4.54. The van der Waals surface area contributed by atoms with Crippen molar-refractivity contribution in [2.24, 2.45) is 5.92 Å². The normalized spacial score (nSPS) is 18.4. The Hall–Kier alpha value is -2.04. The number of carbonyl (C=O) groups is 2. The predicted molar refractivity (Wildman–Crippen MR) is 67.1 cm³/mol. The van der Waals surface area contributed by atoms with Gasteiger partial charge in [-0.1, -0.05) is 26.0 Å². The molecule has 5 heteroatoms. The van der Waals surface area contributed by atoms with Crippen molar-refractivity contribution in [1.29, 1.82) is 0 Å². The van der Waals surface area contributed by atoms with Gasteiger partial charge in [0.25, 0.3) is 0 Å². The molecule has 2 amide bonds. The van der Waals surface area contributed by atoms with E-state index in [0.29, 0.717) is 6.54 Å². The van der Waals surface area contributed by atoms with Gasteiger partial charge < -0.3 is 15.4 Å². The largest absolute Gasteiger partial charge is 0.439 e. The number of carbonyl (C=O) groups excluding carboxylic acids is 2. The molecule has 0 spiro atoms. The standard InChI is InChI=1S/C13H16N2O3/c1-8(2)12(16)15-10-5-3-9(4-6-10)11-7-14-13(17)18-11/h3-6,8,11H,7H2,1-2H3,(H,14,17)(H,15,16). The van der Waals surface area contributed by atoms with E-state index in [2.05, 4.69) is 10.6 Å². The number of amides is 2. The molecule has 1 fully saturated rings. The van der Waals surface area contributed by atoms with Crippen LogP contribution >= 0.6 is 0 Å². The van der Waals surface area contributed by atoms with E-state index in [1.807, 2.05) is 38.1 Å². The van der Waals surface area contributed by atoms with Crippen molar-refractivity contribution in [3.05, 3.63) is 29.8 Å². The molecule has 1 saturated heterocycles. The smallest absolute Gasteiger partial charge is 0.407 e. The van der Waals surface area contributed by atoms with Crippen LogP contribution in [0.5, 0.6) is 0 Å². The molecule has 0 radical (unpaired) electrons. The maximum absolute atomic E-state index is 11.5. The number of hydrogen-bond acceptors (Lipinski definition) is 3. The van der Waals surface area contributed by atoms with Gasteiger partial charge in [-0.15, -0.1) is 0 Å². The van der Waals surface area contributed by atoms with Crippen LogP contribution in [-0.4, -0.2) is 18.5 Å². The van der Waals surface area contributed by atoms with Crippen LogP contribution in [0, 0.1) is 5.92 Å². The predicted octanol–water partition coefficient (Wildman–Crippen LogP) is 2.06. The number of cyclic esters (lactones) is 1. The molecule has 1 atom stereocenters. The van der Waals surface area contributed by atoms with Gasteiger partial charge in [-0.25, -0.2) is 4.79 Å². The molecule has 1 aliphatic heterocycles. The van der Waals surface area contributed by atoms with E-state index in [0.717, 1.165) is 11.3 Å². The van der Waals surface area contributed by atoms with Crippen molar-refractivity contribution >= 4 is 17.7 Å². The van der Waals surface area contributed by atoms with Crippen LogP contribution in [0.2, 0.25) is 0 Å². The third-order valence-electron chi connectivity index (χ3n) is 2.76. The lowest BCUT2D eigenvalue weighted by Gasteiger charge is -2.10. The summed E-state index contributed by atoms with van der Waals surface area (Å²) in [6, 6.07) is 7.31. The number of benzene rings is 1. The average Bonchev–Trinajstić information content (AvgIpc) is 2.76. The highest BCUT2D eigenvalue weighted by atomic mass is 16.6. The quantitative estimate of drug-likeness (QED) is 0.860. The molecule has 0 bridgehead atoms. The maximum Gasteiger partial charge on any atom is 0.407 e. The third kappa shape index (κ3) is 2.80. The van der Waals surface area contributed by atoms with Crippen LogP contribution in [0.25, 0.3) is 0 Å². The SMILES string of the molecule is CC(C)C(=O)Nc1ccc(C2CNC(=O)O2)cc1. The summed E-state index contributed by atoms with van der Waals surface area (Å²) in [5.41, 5.74) is 1.66. The van der Waals surface area contributed by atoms with Crippen molar-refractivity contribution in [3.63, 3.8) is 0 Å². The monoisotopic (exact) mass is 248 g/mol. The zero-order valence-electron chi connectivity index (χ0n) is 10.4. The fourth-order valence-electron chi connectivity index (χ4n) is 1.64. The highest BCUT2D eigenvalue weighted by Gasteiger charge is 2.23. The fraction of sp³-hybridized carbons (Fsp3) is 0.385. The molecular weight excluding hydrogens is 232 g/mol. The van der Waals surface area contributed by atoms with E-state index in [-0.39, 0.29) is 17.9 Å². The van der Waals surface area contributed by atoms with Crippen molar-refractivity contribution < 1.29 is 14.3 Å². The summed E-state index contributed by atoms with van der Waals surface area (Å²) in [5, 5.41) is 5.40. The lowest BCUT2D eigenvalue weighted by molar-refractivity contribution is -0.118. The van der Waals surface area contributed by atoms with Gasteiger partial charge in [-0.3, -0.25) is 4.79 Å². The molecule has 0 aromatic heterocycles. The van der Waals surface area contributed by atoms with Gasteiger partial charge in [0.2, 0.25) is 5.91 Å². The summed E-state index contributed by atoms with van der Waals surface area (Å²) in [4.78, 5) is 22.4. The number of rotatable bonds is 3.